The van der Waals surface area contributed by atoms with Gasteiger partial charge >= 0.3 is 11.9 Å². The van der Waals surface area contributed by atoms with Gasteiger partial charge in [-0.05, 0) is 12.1 Å². The lowest BCUT2D eigenvalue weighted by Crippen LogP contribution is -2.61. The molecule has 1 aromatic carbocycles. The third-order valence-electron chi connectivity index (χ3n) is 3.37. The van der Waals surface area contributed by atoms with E-state index in [4.69, 9.17) is 14.2 Å². The monoisotopic (exact) mass is 326 g/mol. The van der Waals surface area contributed by atoms with Crippen molar-refractivity contribution in [2.45, 2.75) is 37.6 Å². The van der Waals surface area contributed by atoms with Crippen LogP contribution in [0.25, 0.3) is 0 Å². The van der Waals surface area contributed by atoms with Gasteiger partial charge in [-0.25, -0.2) is 4.79 Å². The zero-order valence-corrected chi connectivity index (χ0v) is 12.4. The summed E-state index contributed by atoms with van der Waals surface area (Å²) in [5.74, 6) is -1.51. The van der Waals surface area contributed by atoms with Crippen molar-refractivity contribution in [3.8, 4) is 0 Å². The second-order valence-corrected chi connectivity index (χ2v) is 5.05. The van der Waals surface area contributed by atoms with Crippen LogP contribution in [0, 0.1) is 0 Å². The maximum atomic E-state index is 12.1. The van der Waals surface area contributed by atoms with E-state index in [0.29, 0.717) is 0 Å². The fourth-order valence-electron chi connectivity index (χ4n) is 2.28. The average Bonchev–Trinajstić information content (AvgIpc) is 2.54. The minimum Gasteiger partial charge on any atom is -0.453 e. The number of aliphatic hydroxyl groups excluding tert-OH is 3. The Labute approximate surface area is 132 Å². The molecule has 23 heavy (non-hydrogen) atoms. The molecule has 126 valence electrons. The Kier molecular flexibility index (Phi) is 5.67. The minimum absolute atomic E-state index is 0.225. The Balaban J connectivity index is 2.21. The Morgan fingerprint density at radius 1 is 1.13 bits per heavy atom. The second kappa shape index (κ2) is 7.51. The molecule has 0 spiro atoms. The van der Waals surface area contributed by atoms with Crippen molar-refractivity contribution in [2.75, 3.05) is 6.61 Å². The van der Waals surface area contributed by atoms with Crippen LogP contribution in [0.15, 0.2) is 30.3 Å². The van der Waals surface area contributed by atoms with Crippen molar-refractivity contribution >= 4 is 11.9 Å². The van der Waals surface area contributed by atoms with Gasteiger partial charge in [0.2, 0.25) is 0 Å². The summed E-state index contributed by atoms with van der Waals surface area (Å²) in [6.07, 6.45) is -7.08. The Morgan fingerprint density at radius 2 is 1.78 bits per heavy atom. The fourth-order valence-corrected chi connectivity index (χ4v) is 2.28. The van der Waals surface area contributed by atoms with Gasteiger partial charge in [-0.15, -0.1) is 0 Å². The predicted octanol–water partition coefficient (Wildman–Crippen LogP) is -0.786. The molecule has 2 rings (SSSR count). The molecule has 0 saturated carbocycles. The van der Waals surface area contributed by atoms with Crippen molar-refractivity contribution in [2.24, 2.45) is 0 Å². The maximum Gasteiger partial charge on any atom is 0.338 e. The van der Waals surface area contributed by atoms with Crippen LogP contribution in [0.3, 0.4) is 0 Å². The molecule has 8 nitrogen and oxygen atoms in total. The molecule has 0 amide bonds. The van der Waals surface area contributed by atoms with Crippen molar-refractivity contribution in [1.29, 1.82) is 0 Å². The molecule has 5 atom stereocenters. The molecule has 1 heterocycles. The SMILES string of the molecule is CC(=O)O[C@H]1[C@@H](OC(=O)c2ccccc2)[C@H](O)[C@@H](CO)O[C@@H]1O. The van der Waals surface area contributed by atoms with E-state index in [2.05, 4.69) is 0 Å². The minimum atomic E-state index is -1.65. The topological polar surface area (TPSA) is 123 Å². The lowest BCUT2D eigenvalue weighted by Gasteiger charge is -2.40. The van der Waals surface area contributed by atoms with Gasteiger partial charge in [0.15, 0.2) is 18.5 Å². The van der Waals surface area contributed by atoms with Gasteiger partial charge in [0.05, 0.1) is 12.2 Å². The highest BCUT2D eigenvalue weighted by atomic mass is 16.7. The standard InChI is InChI=1S/C15H18O8/c1-8(17)21-13-12(11(18)10(7-16)22-15(13)20)23-14(19)9-5-3-2-4-6-9/h2-6,10-13,15-16,18,20H,7H2,1H3/t10-,11-,12+,13+,15+/m1/s1. The quantitative estimate of drug-likeness (QED) is 0.616. The van der Waals surface area contributed by atoms with Gasteiger partial charge in [-0.3, -0.25) is 4.79 Å². The van der Waals surface area contributed by atoms with Gasteiger partial charge in [0, 0.05) is 6.92 Å². The number of hydrogen-bond donors (Lipinski definition) is 3. The Hall–Kier alpha value is -2.00. The highest BCUT2D eigenvalue weighted by molar-refractivity contribution is 5.89. The highest BCUT2D eigenvalue weighted by Crippen LogP contribution is 2.25. The summed E-state index contributed by atoms with van der Waals surface area (Å²) in [6, 6.07) is 7.99. The van der Waals surface area contributed by atoms with E-state index in [-0.39, 0.29) is 5.56 Å². The van der Waals surface area contributed by atoms with Gasteiger partial charge in [-0.2, -0.15) is 0 Å². The number of carbonyl (C=O) groups is 2. The van der Waals surface area contributed by atoms with E-state index < -0.39 is 49.3 Å². The normalized spacial score (nSPS) is 30.5. The summed E-state index contributed by atoms with van der Waals surface area (Å²) >= 11 is 0. The second-order valence-electron chi connectivity index (χ2n) is 5.05. The van der Waals surface area contributed by atoms with Crippen molar-refractivity contribution in [3.05, 3.63) is 35.9 Å². The van der Waals surface area contributed by atoms with Gasteiger partial charge < -0.3 is 29.5 Å². The van der Waals surface area contributed by atoms with Crippen molar-refractivity contribution in [3.63, 3.8) is 0 Å². The molecule has 0 radical (unpaired) electrons. The van der Waals surface area contributed by atoms with Crippen LogP contribution in [0.5, 0.6) is 0 Å². The molecule has 0 aromatic heterocycles. The van der Waals surface area contributed by atoms with Gasteiger partial charge in [0.1, 0.15) is 12.2 Å². The first-order valence-electron chi connectivity index (χ1n) is 6.99. The number of carbonyl (C=O) groups excluding carboxylic acids is 2. The molecule has 1 aliphatic heterocycles. The number of esters is 2. The predicted molar refractivity (Wildman–Crippen MR) is 75.2 cm³/mol. The Bertz CT molecular complexity index is 546. The maximum absolute atomic E-state index is 12.1. The molecule has 0 bridgehead atoms. The summed E-state index contributed by atoms with van der Waals surface area (Å²) in [5, 5.41) is 29.2. The molecule has 8 heteroatoms. The highest BCUT2D eigenvalue weighted by Gasteiger charge is 2.48. The molecular formula is C15H18O8. The van der Waals surface area contributed by atoms with Crippen molar-refractivity contribution < 1.29 is 39.1 Å². The molecule has 1 aromatic rings. The summed E-state index contributed by atoms with van der Waals surface area (Å²) in [7, 11) is 0. The third kappa shape index (κ3) is 4.05. The molecule has 1 fully saturated rings. The van der Waals surface area contributed by atoms with E-state index in [1.165, 1.54) is 12.1 Å². The van der Waals surface area contributed by atoms with Crippen LogP contribution in [0.2, 0.25) is 0 Å². The summed E-state index contributed by atoms with van der Waals surface area (Å²) in [6.45, 7) is 0.498. The molecule has 1 aliphatic rings. The van der Waals surface area contributed by atoms with Crippen LogP contribution >= 0.6 is 0 Å². The molecule has 1 saturated heterocycles. The van der Waals surface area contributed by atoms with E-state index in [1.54, 1.807) is 18.2 Å². The largest absolute Gasteiger partial charge is 0.453 e. The van der Waals surface area contributed by atoms with E-state index >= 15 is 0 Å². The molecule has 3 N–H and O–H groups in total. The summed E-state index contributed by atoms with van der Waals surface area (Å²) in [4.78, 5) is 23.3. The number of ether oxygens (including phenoxy) is 3. The zero-order chi connectivity index (χ0) is 17.0. The Morgan fingerprint density at radius 3 is 2.35 bits per heavy atom. The van der Waals surface area contributed by atoms with Crippen LogP contribution in [0.4, 0.5) is 0 Å². The first-order valence-corrected chi connectivity index (χ1v) is 6.99. The fraction of sp³-hybridized carbons (Fsp3) is 0.467. The first-order chi connectivity index (χ1) is 10.9. The van der Waals surface area contributed by atoms with Gasteiger partial charge in [-0.1, -0.05) is 18.2 Å². The smallest absolute Gasteiger partial charge is 0.338 e. The third-order valence-corrected chi connectivity index (χ3v) is 3.37. The molecule has 0 aliphatic carbocycles. The number of hydrogen-bond acceptors (Lipinski definition) is 8. The van der Waals surface area contributed by atoms with E-state index in [0.717, 1.165) is 6.92 Å². The van der Waals surface area contributed by atoms with Gasteiger partial charge in [0.25, 0.3) is 0 Å². The lowest BCUT2D eigenvalue weighted by atomic mass is 9.98. The van der Waals surface area contributed by atoms with Crippen LogP contribution < -0.4 is 0 Å². The molecule has 0 unspecified atom stereocenters. The van der Waals surface area contributed by atoms with E-state index in [9.17, 15) is 24.9 Å². The van der Waals surface area contributed by atoms with E-state index in [1.807, 2.05) is 0 Å². The molecular weight excluding hydrogens is 308 g/mol. The zero-order valence-electron chi connectivity index (χ0n) is 12.4. The number of rotatable bonds is 4. The first kappa shape index (κ1) is 17.4. The summed E-state index contributed by atoms with van der Waals surface area (Å²) < 4.78 is 15.0. The number of benzene rings is 1. The van der Waals surface area contributed by atoms with Crippen LogP contribution in [-0.2, 0) is 19.0 Å². The van der Waals surface area contributed by atoms with Crippen molar-refractivity contribution in [1.82, 2.24) is 0 Å². The number of aliphatic hydroxyl groups is 3. The lowest BCUT2D eigenvalue weighted by molar-refractivity contribution is -0.289. The summed E-state index contributed by atoms with van der Waals surface area (Å²) in [5.41, 5.74) is 0.225. The average molecular weight is 326 g/mol. The van der Waals surface area contributed by atoms with Crippen LogP contribution in [0.1, 0.15) is 17.3 Å². The van der Waals surface area contributed by atoms with Crippen LogP contribution in [-0.4, -0.2) is 64.6 Å².